The lowest BCUT2D eigenvalue weighted by molar-refractivity contribution is 0.253. The molecule has 0 aromatic carbocycles. The molecule has 0 aliphatic heterocycles. The van der Waals surface area contributed by atoms with E-state index in [4.69, 9.17) is 5.73 Å². The van der Waals surface area contributed by atoms with Gasteiger partial charge in [0.2, 0.25) is 0 Å². The highest BCUT2D eigenvalue weighted by atomic mass is 16.1. The molecule has 0 spiro atoms. The fourth-order valence-corrected chi connectivity index (χ4v) is 2.39. The molecule has 0 saturated carbocycles. The number of hydrogen-bond donors (Lipinski definition) is 1. The fraction of sp³-hybridized carbons (Fsp3) is 0.692. The van der Waals surface area contributed by atoms with Crippen LogP contribution in [0.1, 0.15) is 52.0 Å². The second-order valence-corrected chi connectivity index (χ2v) is 4.96. The molecule has 17 heavy (non-hydrogen) atoms. The Kier molecular flexibility index (Phi) is 4.32. The molecule has 0 fully saturated rings. The predicted octanol–water partition coefficient (Wildman–Crippen LogP) is 2.45. The smallest absolute Gasteiger partial charge is 0.350 e. The number of aryl methyl sites for hydroxylation is 1. The van der Waals surface area contributed by atoms with Crippen LogP contribution in [0, 0.1) is 6.92 Å². The molecule has 0 aliphatic rings. The minimum Gasteiger partial charge on any atom is -0.383 e. The molecule has 1 aromatic rings. The summed E-state index contributed by atoms with van der Waals surface area (Å²) >= 11 is 0. The van der Waals surface area contributed by atoms with Crippen molar-refractivity contribution in [3.63, 3.8) is 0 Å². The molecular formula is C13H23N3O. The zero-order valence-electron chi connectivity index (χ0n) is 11.3. The van der Waals surface area contributed by atoms with Gasteiger partial charge in [-0.25, -0.2) is 4.79 Å². The van der Waals surface area contributed by atoms with Crippen molar-refractivity contribution in [1.82, 2.24) is 9.55 Å². The first kappa shape index (κ1) is 13.7. The van der Waals surface area contributed by atoms with E-state index in [0.717, 1.165) is 31.2 Å². The lowest BCUT2D eigenvalue weighted by Gasteiger charge is -2.31. The van der Waals surface area contributed by atoms with Gasteiger partial charge in [0.25, 0.3) is 0 Å². The third-order valence-corrected chi connectivity index (χ3v) is 3.31. The number of aromatic nitrogens is 2. The lowest BCUT2D eigenvalue weighted by atomic mass is 9.90. The molecule has 1 rings (SSSR count). The third-order valence-electron chi connectivity index (χ3n) is 3.31. The lowest BCUT2D eigenvalue weighted by Crippen LogP contribution is -2.40. The van der Waals surface area contributed by atoms with Crippen molar-refractivity contribution >= 4 is 5.82 Å². The average Bonchev–Trinajstić information content (AvgIpc) is 2.24. The van der Waals surface area contributed by atoms with Crippen LogP contribution in [0.4, 0.5) is 5.82 Å². The van der Waals surface area contributed by atoms with Crippen molar-refractivity contribution in [2.24, 2.45) is 0 Å². The van der Waals surface area contributed by atoms with E-state index in [1.165, 1.54) is 0 Å². The van der Waals surface area contributed by atoms with E-state index in [2.05, 4.69) is 25.8 Å². The summed E-state index contributed by atoms with van der Waals surface area (Å²) in [5, 5.41) is 0. The maximum absolute atomic E-state index is 12.0. The van der Waals surface area contributed by atoms with Gasteiger partial charge in [-0.05, 0) is 26.7 Å². The van der Waals surface area contributed by atoms with Crippen molar-refractivity contribution in [2.75, 3.05) is 5.73 Å². The molecule has 1 aromatic heterocycles. The number of nitrogen functional groups attached to an aromatic ring is 1. The Labute approximate surface area is 103 Å². The zero-order chi connectivity index (χ0) is 13.1. The first-order valence-electron chi connectivity index (χ1n) is 6.31. The number of hydrogen-bond acceptors (Lipinski definition) is 3. The second kappa shape index (κ2) is 5.34. The summed E-state index contributed by atoms with van der Waals surface area (Å²) < 4.78 is 1.76. The third kappa shape index (κ3) is 2.87. The van der Waals surface area contributed by atoms with Crippen LogP contribution in [-0.4, -0.2) is 9.55 Å². The molecule has 0 atom stereocenters. The van der Waals surface area contributed by atoms with Crippen LogP contribution in [0.25, 0.3) is 0 Å². The average molecular weight is 237 g/mol. The summed E-state index contributed by atoms with van der Waals surface area (Å²) in [5.74, 6) is 0.335. The highest BCUT2D eigenvalue weighted by Gasteiger charge is 2.26. The molecule has 0 amide bonds. The highest BCUT2D eigenvalue weighted by Crippen LogP contribution is 2.26. The summed E-state index contributed by atoms with van der Waals surface area (Å²) in [6, 6.07) is 0. The Morgan fingerprint density at radius 1 is 1.35 bits per heavy atom. The minimum absolute atomic E-state index is 0.147. The van der Waals surface area contributed by atoms with Gasteiger partial charge in [0.05, 0.1) is 0 Å². The molecule has 0 aliphatic carbocycles. The minimum atomic E-state index is -0.238. The van der Waals surface area contributed by atoms with E-state index in [1.54, 1.807) is 4.57 Å². The first-order valence-corrected chi connectivity index (χ1v) is 6.31. The molecule has 2 N–H and O–H groups in total. The summed E-state index contributed by atoms with van der Waals surface area (Å²) in [6.45, 7) is 8.28. The van der Waals surface area contributed by atoms with Crippen molar-refractivity contribution in [3.8, 4) is 0 Å². The molecule has 4 heteroatoms. The summed E-state index contributed by atoms with van der Waals surface area (Å²) in [5.41, 5.74) is 6.14. The van der Waals surface area contributed by atoms with E-state index >= 15 is 0 Å². The van der Waals surface area contributed by atoms with Crippen LogP contribution in [0.15, 0.2) is 11.0 Å². The van der Waals surface area contributed by atoms with E-state index in [-0.39, 0.29) is 11.2 Å². The van der Waals surface area contributed by atoms with Gasteiger partial charge in [0.15, 0.2) is 0 Å². The fourth-order valence-electron chi connectivity index (χ4n) is 2.39. The summed E-state index contributed by atoms with van der Waals surface area (Å²) in [6.07, 6.45) is 5.90. The Balaban J connectivity index is 3.28. The first-order chi connectivity index (χ1) is 7.94. The molecular weight excluding hydrogens is 214 g/mol. The predicted molar refractivity (Wildman–Crippen MR) is 71.1 cm³/mol. The van der Waals surface area contributed by atoms with E-state index < -0.39 is 0 Å². The van der Waals surface area contributed by atoms with Crippen LogP contribution in [0.2, 0.25) is 0 Å². The van der Waals surface area contributed by atoms with Crippen LogP contribution in [-0.2, 0) is 5.54 Å². The quantitative estimate of drug-likeness (QED) is 0.855. The number of anilines is 1. The van der Waals surface area contributed by atoms with Crippen LogP contribution >= 0.6 is 0 Å². The molecule has 96 valence electrons. The van der Waals surface area contributed by atoms with Gasteiger partial charge >= 0.3 is 5.69 Å². The standard InChI is InChI=1S/C13H23N3O/c1-5-7-13(4,8-6-2)16-9-10(3)11(14)15-12(16)17/h9H,5-8H2,1-4H3,(H2,14,15,17). The van der Waals surface area contributed by atoms with Crippen molar-refractivity contribution in [1.29, 1.82) is 0 Å². The van der Waals surface area contributed by atoms with Gasteiger partial charge in [-0.15, -0.1) is 0 Å². The van der Waals surface area contributed by atoms with E-state index in [0.29, 0.717) is 5.82 Å². The normalized spacial score (nSPS) is 11.8. The molecule has 0 radical (unpaired) electrons. The zero-order valence-corrected chi connectivity index (χ0v) is 11.3. The number of nitrogens with two attached hydrogens (primary N) is 1. The second-order valence-electron chi connectivity index (χ2n) is 4.96. The Morgan fingerprint density at radius 2 is 1.88 bits per heavy atom. The number of rotatable bonds is 5. The summed E-state index contributed by atoms with van der Waals surface area (Å²) in [4.78, 5) is 15.8. The molecule has 1 heterocycles. The van der Waals surface area contributed by atoms with E-state index in [1.807, 2.05) is 13.1 Å². The topological polar surface area (TPSA) is 60.9 Å². The van der Waals surface area contributed by atoms with Crippen LogP contribution < -0.4 is 11.4 Å². The monoisotopic (exact) mass is 237 g/mol. The van der Waals surface area contributed by atoms with Gasteiger partial charge in [-0.2, -0.15) is 4.98 Å². The molecule has 4 nitrogen and oxygen atoms in total. The molecule has 0 saturated heterocycles. The maximum atomic E-state index is 12.0. The maximum Gasteiger partial charge on any atom is 0.350 e. The Bertz CT molecular complexity index is 431. The van der Waals surface area contributed by atoms with Gasteiger partial charge in [-0.1, -0.05) is 26.7 Å². The molecule has 0 unspecified atom stereocenters. The van der Waals surface area contributed by atoms with Crippen molar-refractivity contribution < 1.29 is 0 Å². The van der Waals surface area contributed by atoms with Gasteiger partial charge < -0.3 is 5.73 Å². The van der Waals surface area contributed by atoms with Crippen LogP contribution in [0.3, 0.4) is 0 Å². The van der Waals surface area contributed by atoms with Crippen LogP contribution in [0.5, 0.6) is 0 Å². The van der Waals surface area contributed by atoms with Gasteiger partial charge in [0.1, 0.15) is 5.82 Å². The van der Waals surface area contributed by atoms with Crippen molar-refractivity contribution in [3.05, 3.63) is 22.2 Å². The van der Waals surface area contributed by atoms with Gasteiger partial charge in [-0.3, -0.25) is 4.57 Å². The number of nitrogens with zero attached hydrogens (tertiary/aromatic N) is 2. The van der Waals surface area contributed by atoms with Gasteiger partial charge in [0, 0.05) is 17.3 Å². The highest BCUT2D eigenvalue weighted by molar-refractivity contribution is 5.35. The SMILES string of the molecule is CCCC(C)(CCC)n1cc(C)c(N)nc1=O. The summed E-state index contributed by atoms with van der Waals surface area (Å²) in [7, 11) is 0. The molecule has 0 bridgehead atoms. The Morgan fingerprint density at radius 3 is 2.35 bits per heavy atom. The van der Waals surface area contributed by atoms with Crippen molar-refractivity contribution in [2.45, 2.75) is 58.9 Å². The largest absolute Gasteiger partial charge is 0.383 e. The van der Waals surface area contributed by atoms with E-state index in [9.17, 15) is 4.79 Å². The Hall–Kier alpha value is -1.32.